The van der Waals surface area contributed by atoms with Crippen molar-refractivity contribution in [1.29, 1.82) is 0 Å². The van der Waals surface area contributed by atoms with Crippen LogP contribution in [0.15, 0.2) is 49.1 Å². The topological polar surface area (TPSA) is 72.8 Å². The minimum Gasteiger partial charge on any atom is -0.508 e. The molecule has 0 amide bonds. The predicted octanol–water partition coefficient (Wildman–Crippen LogP) is 2.92. The molecule has 5 heteroatoms. The molecule has 138 valence electrons. The Kier molecular flexibility index (Phi) is 3.18. The van der Waals surface area contributed by atoms with Crippen molar-refractivity contribution >= 4 is 11.6 Å². The molecule has 5 aliphatic rings. The highest BCUT2D eigenvalue weighted by Gasteiger charge is 2.76. The Balaban J connectivity index is 1.81. The predicted molar refractivity (Wildman–Crippen MR) is 97.9 cm³/mol. The number of fused-ring (bicyclic) bond motifs is 1. The Morgan fingerprint density at radius 3 is 2.81 bits per heavy atom. The van der Waals surface area contributed by atoms with Crippen molar-refractivity contribution in [3.05, 3.63) is 60.2 Å². The van der Waals surface area contributed by atoms with Gasteiger partial charge in [-0.3, -0.25) is 9.59 Å². The van der Waals surface area contributed by atoms with Gasteiger partial charge in [0, 0.05) is 29.4 Å². The van der Waals surface area contributed by atoms with Crippen molar-refractivity contribution in [1.82, 2.24) is 0 Å². The zero-order chi connectivity index (χ0) is 19.0. The molecular weight excluding hydrogens is 344 g/mol. The van der Waals surface area contributed by atoms with E-state index in [9.17, 15) is 14.7 Å². The Labute approximate surface area is 157 Å². The Bertz CT molecular complexity index is 958. The summed E-state index contributed by atoms with van der Waals surface area (Å²) in [6, 6.07) is 3.09. The molecule has 1 N–H and O–H groups in total. The number of Topliss-reactive ketones (excluding diaryl/α,β-unsaturated/α-hetero) is 2. The van der Waals surface area contributed by atoms with Crippen LogP contribution in [0.4, 0.5) is 0 Å². The second-order valence-electron chi connectivity index (χ2n) is 7.71. The summed E-state index contributed by atoms with van der Waals surface area (Å²) in [6.45, 7) is 7.90. The van der Waals surface area contributed by atoms with Crippen molar-refractivity contribution in [3.8, 4) is 11.5 Å². The van der Waals surface area contributed by atoms with Gasteiger partial charge < -0.3 is 14.6 Å². The molecule has 4 bridgehead atoms. The highest BCUT2D eigenvalue weighted by atomic mass is 16.6. The van der Waals surface area contributed by atoms with Crippen molar-refractivity contribution in [2.24, 2.45) is 11.8 Å². The van der Waals surface area contributed by atoms with Crippen LogP contribution in [0, 0.1) is 11.8 Å². The molecule has 0 radical (unpaired) electrons. The largest absolute Gasteiger partial charge is 0.508 e. The minimum absolute atomic E-state index is 0.0402. The molecule has 4 atom stereocenters. The fourth-order valence-electron chi connectivity index (χ4n) is 5.44. The number of rotatable bonds is 4. The number of carbonyl (C=O) groups excluding carboxylic acids is 2. The maximum Gasteiger partial charge on any atom is 0.196 e. The average molecular weight is 364 g/mol. The third-order valence-corrected chi connectivity index (χ3v) is 6.52. The van der Waals surface area contributed by atoms with Crippen LogP contribution in [-0.2, 0) is 16.0 Å². The van der Waals surface area contributed by atoms with E-state index >= 15 is 0 Å². The molecule has 6 rings (SSSR count). The van der Waals surface area contributed by atoms with Gasteiger partial charge in [-0.05, 0) is 25.0 Å². The number of ether oxygens (including phenoxy) is 2. The van der Waals surface area contributed by atoms with Crippen molar-refractivity contribution in [2.45, 2.75) is 30.5 Å². The lowest BCUT2D eigenvalue weighted by molar-refractivity contribution is -0.165. The molecule has 1 aromatic rings. The molecule has 4 unspecified atom stereocenters. The van der Waals surface area contributed by atoms with Gasteiger partial charge in [-0.1, -0.05) is 18.2 Å². The van der Waals surface area contributed by atoms with Gasteiger partial charge in [0.2, 0.25) is 0 Å². The second kappa shape index (κ2) is 5.20. The number of allylic oxidation sites excluding steroid dienone is 2. The zero-order valence-electron chi connectivity index (χ0n) is 14.9. The quantitative estimate of drug-likeness (QED) is 0.832. The van der Waals surface area contributed by atoms with Crippen LogP contribution in [0.2, 0.25) is 0 Å². The number of phenols is 1. The van der Waals surface area contributed by atoms with Gasteiger partial charge in [-0.25, -0.2) is 0 Å². The van der Waals surface area contributed by atoms with E-state index in [0.29, 0.717) is 41.9 Å². The number of phenolic OH excluding ortho intramolecular Hbond substituents is 1. The molecule has 27 heavy (non-hydrogen) atoms. The van der Waals surface area contributed by atoms with Crippen molar-refractivity contribution in [3.63, 3.8) is 0 Å². The fraction of sp³-hybridized carbons (Fsp3) is 0.364. The molecule has 2 aliphatic heterocycles. The fourth-order valence-corrected chi connectivity index (χ4v) is 5.44. The van der Waals surface area contributed by atoms with Crippen molar-refractivity contribution < 1.29 is 24.2 Å². The lowest BCUT2D eigenvalue weighted by Gasteiger charge is -2.56. The first-order chi connectivity index (χ1) is 13.0. The third-order valence-electron chi connectivity index (χ3n) is 6.52. The molecule has 1 saturated heterocycles. The van der Waals surface area contributed by atoms with E-state index in [4.69, 9.17) is 9.47 Å². The van der Waals surface area contributed by atoms with Crippen LogP contribution < -0.4 is 4.74 Å². The minimum atomic E-state index is -1.23. The first-order valence-electron chi connectivity index (χ1n) is 9.21. The molecular formula is C22H20O5. The summed E-state index contributed by atoms with van der Waals surface area (Å²) < 4.78 is 12.7. The Morgan fingerprint density at radius 2 is 2.07 bits per heavy atom. The summed E-state index contributed by atoms with van der Waals surface area (Å²) in [4.78, 5) is 26.7. The first-order valence-corrected chi connectivity index (χ1v) is 9.21. The van der Waals surface area contributed by atoms with Gasteiger partial charge in [0.1, 0.15) is 11.5 Å². The van der Waals surface area contributed by atoms with E-state index in [1.165, 1.54) is 6.07 Å². The SMILES string of the molecule is C=CCc1c(O)ccc2c1OC13C(=CC4CC1COC3(CC=C)C4=O)C2=O. The van der Waals surface area contributed by atoms with Crippen LogP contribution in [0.25, 0.3) is 0 Å². The van der Waals surface area contributed by atoms with Gasteiger partial charge in [-0.15, -0.1) is 13.2 Å². The summed E-state index contributed by atoms with van der Waals surface area (Å²) in [5.41, 5.74) is -0.935. The van der Waals surface area contributed by atoms with Crippen LogP contribution in [-0.4, -0.2) is 34.5 Å². The molecule has 1 aromatic carbocycles. The highest BCUT2D eigenvalue weighted by molar-refractivity contribution is 6.17. The number of aromatic hydroxyl groups is 1. The van der Waals surface area contributed by atoms with E-state index in [2.05, 4.69) is 13.2 Å². The molecule has 1 spiro atoms. The van der Waals surface area contributed by atoms with Gasteiger partial charge in [0.15, 0.2) is 22.8 Å². The molecule has 1 saturated carbocycles. The molecule has 3 aliphatic carbocycles. The number of benzene rings is 1. The number of ketones is 2. The highest BCUT2D eigenvalue weighted by Crippen LogP contribution is 2.63. The smallest absolute Gasteiger partial charge is 0.196 e. The maximum atomic E-state index is 13.4. The number of hydrogen-bond acceptors (Lipinski definition) is 5. The van der Waals surface area contributed by atoms with Crippen molar-refractivity contribution in [2.75, 3.05) is 6.61 Å². The Hall–Kier alpha value is -2.66. The van der Waals surface area contributed by atoms with E-state index in [0.717, 1.165) is 0 Å². The van der Waals surface area contributed by atoms with Gasteiger partial charge in [-0.2, -0.15) is 0 Å². The summed E-state index contributed by atoms with van der Waals surface area (Å²) in [5, 5.41) is 10.3. The van der Waals surface area contributed by atoms with E-state index in [-0.39, 0.29) is 35.6 Å². The first kappa shape index (κ1) is 16.5. The summed E-state index contributed by atoms with van der Waals surface area (Å²) >= 11 is 0. The maximum absolute atomic E-state index is 13.4. The van der Waals surface area contributed by atoms with Crippen LogP contribution in [0.1, 0.15) is 28.8 Å². The van der Waals surface area contributed by atoms with E-state index in [1.807, 2.05) is 0 Å². The monoisotopic (exact) mass is 364 g/mol. The number of carbonyl (C=O) groups is 2. The average Bonchev–Trinajstić information content (AvgIpc) is 2.90. The lowest BCUT2D eigenvalue weighted by atomic mass is 9.53. The van der Waals surface area contributed by atoms with Gasteiger partial charge >= 0.3 is 0 Å². The Morgan fingerprint density at radius 1 is 1.26 bits per heavy atom. The molecule has 0 aromatic heterocycles. The van der Waals surface area contributed by atoms with E-state index in [1.54, 1.807) is 24.3 Å². The second-order valence-corrected chi connectivity index (χ2v) is 7.71. The number of hydrogen-bond donors (Lipinski definition) is 1. The zero-order valence-corrected chi connectivity index (χ0v) is 14.9. The van der Waals surface area contributed by atoms with Gasteiger partial charge in [0.05, 0.1) is 12.2 Å². The lowest BCUT2D eigenvalue weighted by Crippen LogP contribution is -2.71. The third kappa shape index (κ3) is 1.69. The molecule has 2 heterocycles. The molecule has 2 fully saturated rings. The van der Waals surface area contributed by atoms with Crippen LogP contribution >= 0.6 is 0 Å². The van der Waals surface area contributed by atoms with Crippen LogP contribution in [0.3, 0.4) is 0 Å². The van der Waals surface area contributed by atoms with Crippen LogP contribution in [0.5, 0.6) is 11.5 Å². The molecule has 5 nitrogen and oxygen atoms in total. The summed E-state index contributed by atoms with van der Waals surface area (Å²) in [7, 11) is 0. The standard InChI is InChI=1S/C22H20O5/c1-3-5-14-17(23)7-6-15-18(24)16-10-12-9-13-11-26-21(8-4-2,20(12)25)22(13,16)27-19(14)15/h3-4,6-7,10,12-13,23H,1-2,5,8-9,11H2. The summed E-state index contributed by atoms with van der Waals surface area (Å²) in [6.07, 6.45) is 6.34. The van der Waals surface area contributed by atoms with E-state index < -0.39 is 11.2 Å². The van der Waals surface area contributed by atoms with Gasteiger partial charge in [0.25, 0.3) is 0 Å². The normalized spacial score (nSPS) is 35.2. The summed E-state index contributed by atoms with van der Waals surface area (Å²) in [5.74, 6) is -0.213.